The molecule has 1 aliphatic carbocycles. The van der Waals surface area contributed by atoms with Crippen molar-refractivity contribution in [1.29, 1.82) is 5.26 Å². The number of fused-ring (bicyclic) bond motifs is 1. The maximum atomic E-state index is 8.73. The SMILES string of the molecule is Cn1c(C2CCC2)nc2ccc(CC#N)cc21. The summed E-state index contributed by atoms with van der Waals surface area (Å²) < 4.78 is 2.19. The van der Waals surface area contributed by atoms with Crippen molar-refractivity contribution in [2.24, 2.45) is 7.05 Å². The molecule has 0 aliphatic heterocycles. The van der Waals surface area contributed by atoms with Crippen LogP contribution in [0.25, 0.3) is 11.0 Å². The molecule has 1 saturated carbocycles. The van der Waals surface area contributed by atoms with Crippen molar-refractivity contribution in [2.75, 3.05) is 0 Å². The standard InChI is InChI=1S/C14H15N3/c1-17-13-9-10(7-8-15)5-6-12(13)16-14(17)11-3-2-4-11/h5-6,9,11H,2-4,7H2,1H3. The molecule has 2 aromatic rings. The minimum atomic E-state index is 0.472. The van der Waals surface area contributed by atoms with Crippen molar-refractivity contribution in [2.45, 2.75) is 31.6 Å². The third-order valence-corrected chi connectivity index (χ3v) is 3.73. The van der Waals surface area contributed by atoms with Gasteiger partial charge >= 0.3 is 0 Å². The van der Waals surface area contributed by atoms with E-state index in [1.807, 2.05) is 12.1 Å². The van der Waals surface area contributed by atoms with E-state index in [1.165, 1.54) is 25.1 Å². The van der Waals surface area contributed by atoms with Gasteiger partial charge in [-0.15, -0.1) is 0 Å². The van der Waals surface area contributed by atoms with Gasteiger partial charge in [0.1, 0.15) is 5.82 Å². The van der Waals surface area contributed by atoms with Crippen LogP contribution in [0.3, 0.4) is 0 Å². The van der Waals surface area contributed by atoms with Crippen LogP contribution in [0.1, 0.15) is 36.6 Å². The average molecular weight is 225 g/mol. The number of nitrogens with zero attached hydrogens (tertiary/aromatic N) is 3. The van der Waals surface area contributed by atoms with Gasteiger partial charge in [0.15, 0.2) is 0 Å². The molecule has 0 radical (unpaired) electrons. The Morgan fingerprint density at radius 3 is 2.94 bits per heavy atom. The van der Waals surface area contributed by atoms with Crippen LogP contribution >= 0.6 is 0 Å². The Bertz CT molecular complexity index is 600. The summed E-state index contributed by atoms with van der Waals surface area (Å²) >= 11 is 0. The smallest absolute Gasteiger partial charge is 0.112 e. The van der Waals surface area contributed by atoms with Crippen LogP contribution in [-0.2, 0) is 13.5 Å². The molecule has 3 heteroatoms. The second-order valence-electron chi connectivity index (χ2n) is 4.81. The Hall–Kier alpha value is -1.82. The van der Waals surface area contributed by atoms with Crippen LogP contribution in [0.5, 0.6) is 0 Å². The first-order valence-corrected chi connectivity index (χ1v) is 6.12. The lowest BCUT2D eigenvalue weighted by molar-refractivity contribution is 0.395. The summed E-state index contributed by atoms with van der Waals surface area (Å²) in [7, 11) is 2.08. The van der Waals surface area contributed by atoms with Crippen LogP contribution < -0.4 is 0 Å². The van der Waals surface area contributed by atoms with E-state index in [1.54, 1.807) is 0 Å². The van der Waals surface area contributed by atoms with Gasteiger partial charge in [-0.3, -0.25) is 0 Å². The van der Waals surface area contributed by atoms with Gasteiger partial charge in [-0.2, -0.15) is 5.26 Å². The van der Waals surface area contributed by atoms with Gasteiger partial charge in [-0.25, -0.2) is 4.98 Å². The van der Waals surface area contributed by atoms with Crippen LogP contribution in [0.2, 0.25) is 0 Å². The quantitative estimate of drug-likeness (QED) is 0.788. The van der Waals surface area contributed by atoms with Crippen molar-refractivity contribution < 1.29 is 0 Å². The summed E-state index contributed by atoms with van der Waals surface area (Å²) in [5.74, 6) is 1.85. The zero-order chi connectivity index (χ0) is 11.8. The molecule has 86 valence electrons. The average Bonchev–Trinajstić information content (AvgIpc) is 2.56. The number of hydrogen-bond acceptors (Lipinski definition) is 2. The van der Waals surface area contributed by atoms with Gasteiger partial charge in [0, 0.05) is 13.0 Å². The predicted octanol–water partition coefficient (Wildman–Crippen LogP) is 2.91. The number of imidazole rings is 1. The van der Waals surface area contributed by atoms with Crippen LogP contribution in [-0.4, -0.2) is 9.55 Å². The van der Waals surface area contributed by atoms with Crippen molar-refractivity contribution in [3.8, 4) is 6.07 Å². The highest BCUT2D eigenvalue weighted by atomic mass is 15.1. The molecular weight excluding hydrogens is 210 g/mol. The zero-order valence-electron chi connectivity index (χ0n) is 9.98. The van der Waals surface area contributed by atoms with E-state index in [9.17, 15) is 0 Å². The summed E-state index contributed by atoms with van der Waals surface area (Å²) in [6.45, 7) is 0. The first-order valence-electron chi connectivity index (χ1n) is 6.12. The maximum absolute atomic E-state index is 8.73. The monoisotopic (exact) mass is 225 g/mol. The largest absolute Gasteiger partial charge is 0.331 e. The molecule has 1 heterocycles. The highest BCUT2D eigenvalue weighted by molar-refractivity contribution is 5.77. The normalized spacial score (nSPS) is 15.8. The lowest BCUT2D eigenvalue weighted by Gasteiger charge is -2.24. The molecule has 3 rings (SSSR count). The highest BCUT2D eigenvalue weighted by Crippen LogP contribution is 2.36. The Morgan fingerprint density at radius 2 is 2.29 bits per heavy atom. The molecular formula is C14H15N3. The number of benzene rings is 1. The molecule has 0 amide bonds. The molecule has 0 atom stereocenters. The Morgan fingerprint density at radius 1 is 1.47 bits per heavy atom. The second kappa shape index (κ2) is 3.89. The van der Waals surface area contributed by atoms with Crippen molar-refractivity contribution in [3.05, 3.63) is 29.6 Å². The van der Waals surface area contributed by atoms with Gasteiger partial charge in [0.2, 0.25) is 0 Å². The lowest BCUT2D eigenvalue weighted by atomic mass is 9.85. The van der Waals surface area contributed by atoms with Crippen LogP contribution in [0.15, 0.2) is 18.2 Å². The zero-order valence-corrected chi connectivity index (χ0v) is 9.98. The fourth-order valence-corrected chi connectivity index (χ4v) is 2.49. The maximum Gasteiger partial charge on any atom is 0.112 e. The number of nitriles is 1. The van der Waals surface area contributed by atoms with Gasteiger partial charge in [-0.05, 0) is 30.5 Å². The first kappa shape index (κ1) is 10.3. The third kappa shape index (κ3) is 1.61. The fraction of sp³-hybridized carbons (Fsp3) is 0.429. The molecule has 1 aromatic carbocycles. The molecule has 1 aromatic heterocycles. The van der Waals surface area contributed by atoms with E-state index < -0.39 is 0 Å². The molecule has 0 saturated heterocycles. The minimum Gasteiger partial charge on any atom is -0.331 e. The van der Waals surface area contributed by atoms with Crippen LogP contribution in [0.4, 0.5) is 0 Å². The molecule has 3 nitrogen and oxygen atoms in total. The number of rotatable bonds is 2. The van der Waals surface area contributed by atoms with Gasteiger partial charge < -0.3 is 4.57 Å². The fourth-order valence-electron chi connectivity index (χ4n) is 2.49. The second-order valence-corrected chi connectivity index (χ2v) is 4.81. The van der Waals surface area contributed by atoms with E-state index in [0.717, 1.165) is 16.6 Å². The van der Waals surface area contributed by atoms with Crippen LogP contribution in [0, 0.1) is 11.3 Å². The van der Waals surface area contributed by atoms with E-state index in [4.69, 9.17) is 10.2 Å². The Kier molecular flexibility index (Phi) is 2.36. The van der Waals surface area contributed by atoms with Gasteiger partial charge in [-0.1, -0.05) is 12.5 Å². The number of aromatic nitrogens is 2. The summed E-state index contributed by atoms with van der Waals surface area (Å²) in [5, 5.41) is 8.73. The van der Waals surface area contributed by atoms with Crippen molar-refractivity contribution in [1.82, 2.24) is 9.55 Å². The van der Waals surface area contributed by atoms with E-state index in [-0.39, 0.29) is 0 Å². The molecule has 0 unspecified atom stereocenters. The minimum absolute atomic E-state index is 0.472. The molecule has 17 heavy (non-hydrogen) atoms. The molecule has 0 spiro atoms. The molecule has 0 N–H and O–H groups in total. The van der Waals surface area contributed by atoms with E-state index in [2.05, 4.69) is 23.8 Å². The summed E-state index contributed by atoms with van der Waals surface area (Å²) in [6, 6.07) is 8.32. The number of hydrogen-bond donors (Lipinski definition) is 0. The first-order chi connectivity index (χ1) is 8.29. The Labute approximate surface area is 101 Å². The van der Waals surface area contributed by atoms with E-state index in [0.29, 0.717) is 12.3 Å². The Balaban J connectivity index is 2.09. The predicted molar refractivity (Wildman–Crippen MR) is 66.6 cm³/mol. The lowest BCUT2D eigenvalue weighted by Crippen LogP contribution is -2.13. The van der Waals surface area contributed by atoms with Crippen molar-refractivity contribution in [3.63, 3.8) is 0 Å². The summed E-state index contributed by atoms with van der Waals surface area (Å²) in [5.41, 5.74) is 3.28. The van der Waals surface area contributed by atoms with E-state index >= 15 is 0 Å². The van der Waals surface area contributed by atoms with Gasteiger partial charge in [0.05, 0.1) is 23.5 Å². The summed E-state index contributed by atoms with van der Waals surface area (Å²) in [6.07, 6.45) is 4.33. The number of aryl methyl sites for hydroxylation is 1. The molecule has 1 fully saturated rings. The summed E-state index contributed by atoms with van der Waals surface area (Å²) in [4.78, 5) is 4.72. The highest BCUT2D eigenvalue weighted by Gasteiger charge is 2.24. The molecule has 0 bridgehead atoms. The van der Waals surface area contributed by atoms with Gasteiger partial charge in [0.25, 0.3) is 0 Å². The van der Waals surface area contributed by atoms with Crippen molar-refractivity contribution >= 4 is 11.0 Å². The topological polar surface area (TPSA) is 41.6 Å². The third-order valence-electron chi connectivity index (χ3n) is 3.73. The molecule has 1 aliphatic rings.